The van der Waals surface area contributed by atoms with E-state index in [0.29, 0.717) is 30.3 Å². The fraction of sp³-hybridized carbons (Fsp3) is 0.892. The first-order valence-electron chi connectivity index (χ1n) is 33.5. The van der Waals surface area contributed by atoms with Gasteiger partial charge in [0.15, 0.2) is 6.10 Å². The quantitative estimate of drug-likeness (QED) is 0.0357. The van der Waals surface area contributed by atoms with E-state index in [-0.39, 0.29) is 25.1 Å². The number of alkyl halides is 2. The summed E-state index contributed by atoms with van der Waals surface area (Å²) in [7, 11) is -5.12. The van der Waals surface area contributed by atoms with Crippen LogP contribution in [0.2, 0.25) is 0 Å². The van der Waals surface area contributed by atoms with Crippen LogP contribution >= 0.6 is 7.82 Å². The fourth-order valence-corrected chi connectivity index (χ4v) is 13.1. The molecule has 0 amide bonds. The normalized spacial score (nSPS) is 24.6. The van der Waals surface area contributed by atoms with Crippen molar-refractivity contribution in [3.8, 4) is 0 Å². The number of rotatable bonds is 23. The van der Waals surface area contributed by atoms with E-state index in [4.69, 9.17) is 38.3 Å². The van der Waals surface area contributed by atoms with E-state index in [0.717, 1.165) is 95.2 Å². The molecule has 5 atom stereocenters. The van der Waals surface area contributed by atoms with E-state index in [2.05, 4.69) is 18.8 Å². The van der Waals surface area contributed by atoms with Crippen molar-refractivity contribution in [1.82, 2.24) is 9.55 Å². The molecular weight excluding hydrogens is 1080 g/mol. The Morgan fingerprint density at radius 2 is 1.12 bits per heavy atom. The van der Waals surface area contributed by atoms with Gasteiger partial charge in [-0.15, -0.1) is 0 Å². The second-order valence-electron chi connectivity index (χ2n) is 25.0. The first kappa shape index (κ1) is 74.3. The van der Waals surface area contributed by atoms with Gasteiger partial charge in [0.25, 0.3) is 0 Å². The van der Waals surface area contributed by atoms with Gasteiger partial charge in [-0.25, -0.2) is 18.4 Å². The zero-order chi connectivity index (χ0) is 60.7. The van der Waals surface area contributed by atoms with Crippen molar-refractivity contribution in [1.29, 1.82) is 0 Å². The summed E-state index contributed by atoms with van der Waals surface area (Å²) < 4.78 is 89.0. The molecule has 0 bridgehead atoms. The maximum absolute atomic E-state index is 16.6. The van der Waals surface area contributed by atoms with Crippen LogP contribution < -0.4 is 11.4 Å². The summed E-state index contributed by atoms with van der Waals surface area (Å²) in [4.78, 5) is 56.5. The number of cyclic esters (lactones) is 1. The Kier molecular flexibility index (Phi) is 38.3. The van der Waals surface area contributed by atoms with Crippen LogP contribution in [0.15, 0.2) is 17.1 Å². The number of halogens is 2. The number of carbonyl (C=O) groups is 3. The molecule has 2 unspecified atom stereocenters. The SMILES string of the molecule is CCCCCCCCCCCCCCCCC(=O)OC(C)(C)OP1(=O)OC[C@H]2O[C@@H](n3ccc(N)nc3=O)C(F)(F)[C@@H]2OC(=O)CCCCCCCCCCCCCCCC(CCCCC)CCCCCCCCCCC(=O)OC(C)(C)O1. The van der Waals surface area contributed by atoms with Gasteiger partial charge in [0, 0.05) is 53.2 Å². The molecule has 0 radical (unpaired) electrons. The van der Waals surface area contributed by atoms with Crippen molar-refractivity contribution in [2.75, 3.05) is 12.3 Å². The molecule has 83 heavy (non-hydrogen) atoms. The Bertz CT molecular complexity index is 2010. The van der Waals surface area contributed by atoms with Gasteiger partial charge in [0.1, 0.15) is 11.9 Å². The number of nitrogens with two attached hydrogens (primary N) is 1. The van der Waals surface area contributed by atoms with Crippen LogP contribution in [0.4, 0.5) is 14.6 Å². The third kappa shape index (κ3) is 33.7. The molecule has 18 heteroatoms. The van der Waals surface area contributed by atoms with Crippen molar-refractivity contribution in [3.63, 3.8) is 0 Å². The van der Waals surface area contributed by atoms with Crippen molar-refractivity contribution < 1.29 is 60.2 Å². The zero-order valence-corrected chi connectivity index (χ0v) is 53.8. The molecule has 0 aliphatic carbocycles. The molecule has 1 aromatic heterocycles. The van der Waals surface area contributed by atoms with Crippen LogP contribution in [0.25, 0.3) is 0 Å². The molecular formula is C65H116F2N3O12P. The van der Waals surface area contributed by atoms with E-state index >= 15 is 8.78 Å². The standard InChI is InChI=1S/C65H116F2N3O12P/c1-7-9-11-12-13-14-15-16-19-23-26-32-37-43-49-58(72)79-63(3,4)81-83(75)76-53-55-60(65(66,67)61(77-55)70-52-51-56(68)69-62(70)74)78-57(71)48-42-36-31-25-22-20-17-18-21-24-29-34-40-46-54(45-39-10-8-2)47-41-35-30-27-28-33-38-44-50-59(73)80-64(5,6)82-83/h51-52,54-55,60-61H,7-50,53H2,1-6H3,(H2,68,69,74)/t54?,55-,60-,61-,83?/m1/s1. The molecule has 3 heterocycles. The molecule has 2 N–H and O–H groups in total. The molecule has 2 aliphatic heterocycles. The van der Waals surface area contributed by atoms with Gasteiger partial charge in [0.05, 0.1) is 6.61 Å². The molecule has 2 fully saturated rings. The minimum atomic E-state index is -5.12. The Morgan fingerprint density at radius 3 is 1.61 bits per heavy atom. The molecule has 0 saturated carbocycles. The number of fused-ring (bicyclic) bond motifs is 1. The summed E-state index contributed by atoms with van der Waals surface area (Å²) in [5.74, 6) is -9.59. The van der Waals surface area contributed by atoms with Gasteiger partial charge >= 0.3 is 37.3 Å². The summed E-state index contributed by atoms with van der Waals surface area (Å²) in [6.45, 7) is 8.80. The largest absolute Gasteiger partial charge is 0.481 e. The van der Waals surface area contributed by atoms with E-state index in [9.17, 15) is 23.7 Å². The predicted octanol–water partition coefficient (Wildman–Crippen LogP) is 18.8. The lowest BCUT2D eigenvalue weighted by Crippen LogP contribution is -2.44. The number of esters is 3. The summed E-state index contributed by atoms with van der Waals surface area (Å²) >= 11 is 0. The smallest absolute Gasteiger partial charge is 0.453 e. The number of aromatic nitrogens is 2. The Labute approximate surface area is 500 Å². The molecule has 2 saturated heterocycles. The van der Waals surface area contributed by atoms with Crippen molar-refractivity contribution in [2.24, 2.45) is 5.92 Å². The minimum Gasteiger partial charge on any atom is -0.453 e. The molecule has 0 aromatic carbocycles. The van der Waals surface area contributed by atoms with Gasteiger partial charge in [-0.05, 0) is 31.2 Å². The van der Waals surface area contributed by atoms with Crippen molar-refractivity contribution in [2.45, 2.75) is 360 Å². The number of nitrogen functional groups attached to an aromatic ring is 1. The van der Waals surface area contributed by atoms with Gasteiger partial charge < -0.3 is 24.7 Å². The van der Waals surface area contributed by atoms with E-state index in [1.807, 2.05) is 0 Å². The van der Waals surface area contributed by atoms with Gasteiger partial charge in [-0.1, -0.05) is 258 Å². The predicted molar refractivity (Wildman–Crippen MR) is 326 cm³/mol. The minimum absolute atomic E-state index is 0.0539. The summed E-state index contributed by atoms with van der Waals surface area (Å²) in [6.07, 6.45) is 41.0. The van der Waals surface area contributed by atoms with Gasteiger partial charge in [-0.3, -0.25) is 23.5 Å². The summed E-state index contributed by atoms with van der Waals surface area (Å²) in [5.41, 5.74) is 4.53. The average molecular weight is 1200 g/mol. The molecule has 0 spiro atoms. The number of nitrogens with zero attached hydrogens (tertiary/aromatic N) is 2. The van der Waals surface area contributed by atoms with Crippen molar-refractivity contribution >= 4 is 31.5 Å². The lowest BCUT2D eigenvalue weighted by molar-refractivity contribution is -0.209. The second kappa shape index (κ2) is 42.8. The van der Waals surface area contributed by atoms with Crippen LogP contribution in [-0.4, -0.2) is 63.8 Å². The highest BCUT2D eigenvalue weighted by atomic mass is 31.2. The maximum Gasteiger partial charge on any atom is 0.481 e. The average Bonchev–Trinajstić information content (AvgIpc) is 2.12. The van der Waals surface area contributed by atoms with E-state index in [1.54, 1.807) is 0 Å². The number of unbranched alkanes of at least 4 members (excludes halogenated alkanes) is 15. The Morgan fingerprint density at radius 1 is 0.675 bits per heavy atom. The molecule has 1 aromatic rings. The van der Waals surface area contributed by atoms with Crippen LogP contribution in [0.1, 0.15) is 330 Å². The topological polar surface area (TPSA) is 194 Å². The van der Waals surface area contributed by atoms with E-state index < -0.39 is 74.0 Å². The Balaban J connectivity index is 1.73. The molecule has 2 aliphatic rings. The van der Waals surface area contributed by atoms with Crippen LogP contribution in [0.5, 0.6) is 0 Å². The number of phosphoric ester groups is 1. The Hall–Kier alpha value is -2.98. The molecule has 3 rings (SSSR count). The number of hydrogen-bond donors (Lipinski definition) is 1. The monoisotopic (exact) mass is 1200 g/mol. The van der Waals surface area contributed by atoms with Gasteiger partial charge in [-0.2, -0.15) is 13.8 Å². The lowest BCUT2D eigenvalue weighted by atomic mass is 9.89. The summed E-state index contributed by atoms with van der Waals surface area (Å²) in [5, 5.41) is 0. The number of hydrogen-bond acceptors (Lipinski definition) is 14. The lowest BCUT2D eigenvalue weighted by Gasteiger charge is -2.34. The summed E-state index contributed by atoms with van der Waals surface area (Å²) in [6, 6.07) is 1.14. The number of ether oxygens (including phenoxy) is 4. The van der Waals surface area contributed by atoms with Gasteiger partial charge in [0.2, 0.25) is 17.8 Å². The highest BCUT2D eigenvalue weighted by Gasteiger charge is 2.63. The molecule has 482 valence electrons. The van der Waals surface area contributed by atoms with Crippen molar-refractivity contribution in [3.05, 3.63) is 22.7 Å². The first-order chi connectivity index (χ1) is 39.8. The van der Waals surface area contributed by atoms with Crippen LogP contribution in [-0.2, 0) is 51.5 Å². The fourth-order valence-electron chi connectivity index (χ4n) is 11.5. The number of anilines is 1. The second-order valence-corrected chi connectivity index (χ2v) is 26.6. The number of carbonyl (C=O) groups excluding carboxylic acids is 3. The zero-order valence-electron chi connectivity index (χ0n) is 52.9. The third-order valence-electron chi connectivity index (χ3n) is 16.2. The van der Waals surface area contributed by atoms with Crippen LogP contribution in [0, 0.1) is 5.92 Å². The highest BCUT2D eigenvalue weighted by molar-refractivity contribution is 7.48. The number of phosphoric acid groups is 1. The first-order valence-corrected chi connectivity index (χ1v) is 34.9. The van der Waals surface area contributed by atoms with E-state index in [1.165, 1.54) is 188 Å². The molecule has 15 nitrogen and oxygen atoms in total. The highest BCUT2D eigenvalue weighted by Crippen LogP contribution is 2.57. The van der Waals surface area contributed by atoms with Crippen LogP contribution in [0.3, 0.4) is 0 Å². The maximum atomic E-state index is 16.6. The third-order valence-corrected chi connectivity index (χ3v) is 18.0.